The molecule has 1 atom stereocenters. The van der Waals surface area contributed by atoms with Crippen molar-refractivity contribution in [3.05, 3.63) is 47.6 Å². The smallest absolute Gasteiger partial charge is 0.134 e. The first-order chi connectivity index (χ1) is 9.83. The third kappa shape index (κ3) is 3.07. The Hall–Kier alpha value is -1.68. The van der Waals surface area contributed by atoms with Crippen molar-refractivity contribution in [2.45, 2.75) is 31.7 Å². The lowest BCUT2D eigenvalue weighted by Gasteiger charge is -2.36. The number of aromatic nitrogens is 3. The van der Waals surface area contributed by atoms with E-state index in [4.69, 9.17) is 11.6 Å². The van der Waals surface area contributed by atoms with Gasteiger partial charge in [-0.1, -0.05) is 11.6 Å². The summed E-state index contributed by atoms with van der Waals surface area (Å²) in [7, 11) is 0. The van der Waals surface area contributed by atoms with Gasteiger partial charge in [-0.3, -0.25) is 4.98 Å². The second-order valence-electron chi connectivity index (χ2n) is 5.10. The second-order valence-corrected chi connectivity index (χ2v) is 5.49. The summed E-state index contributed by atoms with van der Waals surface area (Å²) in [6.07, 6.45) is 9.91. The normalized spacial score (nSPS) is 19.1. The summed E-state index contributed by atoms with van der Waals surface area (Å²) < 4.78 is 0. The highest BCUT2D eigenvalue weighted by Gasteiger charge is 2.24. The van der Waals surface area contributed by atoms with Gasteiger partial charge in [0.1, 0.15) is 17.3 Å². The molecule has 3 rings (SSSR count). The quantitative estimate of drug-likeness (QED) is 0.814. The Kier molecular flexibility index (Phi) is 4.11. The molecule has 2 aromatic heterocycles. The zero-order valence-corrected chi connectivity index (χ0v) is 12.0. The van der Waals surface area contributed by atoms with Gasteiger partial charge in [0, 0.05) is 31.0 Å². The van der Waals surface area contributed by atoms with Crippen molar-refractivity contribution >= 4 is 17.4 Å². The maximum absolute atomic E-state index is 5.99. The third-order valence-electron chi connectivity index (χ3n) is 3.76. The van der Waals surface area contributed by atoms with Gasteiger partial charge < -0.3 is 4.90 Å². The van der Waals surface area contributed by atoms with Crippen LogP contribution in [-0.4, -0.2) is 27.5 Å². The molecular weight excluding hydrogens is 272 g/mol. The molecule has 0 spiro atoms. The van der Waals surface area contributed by atoms with Gasteiger partial charge in [0.05, 0.1) is 0 Å². The summed E-state index contributed by atoms with van der Waals surface area (Å²) in [4.78, 5) is 14.8. The number of hydrogen-bond acceptors (Lipinski definition) is 4. The zero-order valence-electron chi connectivity index (χ0n) is 11.2. The van der Waals surface area contributed by atoms with Crippen LogP contribution in [0.25, 0.3) is 0 Å². The number of nitrogens with zero attached hydrogens (tertiary/aromatic N) is 4. The molecular formula is C15H17ClN4. The van der Waals surface area contributed by atoms with Crippen LogP contribution in [0.15, 0.2) is 36.9 Å². The monoisotopic (exact) mass is 288 g/mol. The number of hydrogen-bond donors (Lipinski definition) is 0. The Balaban J connectivity index is 1.80. The van der Waals surface area contributed by atoms with Crippen LogP contribution in [0.4, 0.5) is 5.82 Å². The van der Waals surface area contributed by atoms with E-state index in [-0.39, 0.29) is 0 Å². The summed E-state index contributed by atoms with van der Waals surface area (Å²) in [5.41, 5.74) is 1.32. The molecule has 0 saturated carbocycles. The largest absolute Gasteiger partial charge is 0.353 e. The molecule has 20 heavy (non-hydrogen) atoms. The number of rotatable bonds is 3. The van der Waals surface area contributed by atoms with E-state index in [9.17, 15) is 0 Å². The lowest BCUT2D eigenvalue weighted by Crippen LogP contribution is -2.41. The molecule has 1 aliphatic heterocycles. The zero-order chi connectivity index (χ0) is 13.8. The van der Waals surface area contributed by atoms with Crippen LogP contribution in [0.3, 0.4) is 0 Å². The molecule has 1 unspecified atom stereocenters. The molecule has 5 heteroatoms. The first kappa shape index (κ1) is 13.3. The Morgan fingerprint density at radius 1 is 1.20 bits per heavy atom. The van der Waals surface area contributed by atoms with Gasteiger partial charge in [-0.15, -0.1) is 0 Å². The summed E-state index contributed by atoms with van der Waals surface area (Å²) in [6.45, 7) is 1.03. The standard InChI is InChI=1S/C15H17ClN4/c16-14-10-15(19-11-18-14)20-8-2-1-3-13(20)9-12-4-6-17-7-5-12/h4-7,10-11,13H,1-3,8-9H2. The maximum atomic E-state index is 5.99. The lowest BCUT2D eigenvalue weighted by atomic mass is 9.96. The topological polar surface area (TPSA) is 41.9 Å². The van der Waals surface area contributed by atoms with E-state index in [1.54, 1.807) is 0 Å². The van der Waals surface area contributed by atoms with E-state index < -0.39 is 0 Å². The van der Waals surface area contributed by atoms with E-state index in [0.29, 0.717) is 11.2 Å². The highest BCUT2D eigenvalue weighted by atomic mass is 35.5. The predicted octanol–water partition coefficient (Wildman–Crippen LogP) is 3.13. The lowest BCUT2D eigenvalue weighted by molar-refractivity contribution is 0.453. The molecule has 1 saturated heterocycles. The minimum absolute atomic E-state index is 0.470. The van der Waals surface area contributed by atoms with Crippen molar-refractivity contribution in [3.63, 3.8) is 0 Å². The summed E-state index contributed by atoms with van der Waals surface area (Å²) >= 11 is 5.99. The molecule has 0 N–H and O–H groups in total. The molecule has 1 fully saturated rings. The van der Waals surface area contributed by atoms with Crippen molar-refractivity contribution in [2.75, 3.05) is 11.4 Å². The van der Waals surface area contributed by atoms with Crippen LogP contribution >= 0.6 is 11.6 Å². The molecule has 0 amide bonds. The van der Waals surface area contributed by atoms with Crippen molar-refractivity contribution < 1.29 is 0 Å². The van der Waals surface area contributed by atoms with E-state index in [1.807, 2.05) is 18.5 Å². The molecule has 1 aliphatic rings. The van der Waals surface area contributed by atoms with Gasteiger partial charge >= 0.3 is 0 Å². The van der Waals surface area contributed by atoms with Crippen LogP contribution in [0.5, 0.6) is 0 Å². The van der Waals surface area contributed by atoms with Crippen molar-refractivity contribution in [1.29, 1.82) is 0 Å². The average Bonchev–Trinajstić information content (AvgIpc) is 2.49. The first-order valence-corrected chi connectivity index (χ1v) is 7.34. The molecule has 0 radical (unpaired) electrons. The van der Waals surface area contributed by atoms with Crippen LogP contribution in [0.1, 0.15) is 24.8 Å². The fraction of sp³-hybridized carbons (Fsp3) is 0.400. The summed E-state index contributed by atoms with van der Waals surface area (Å²) in [5, 5.41) is 0.503. The minimum Gasteiger partial charge on any atom is -0.353 e. The van der Waals surface area contributed by atoms with Gasteiger partial charge in [-0.05, 0) is 43.4 Å². The maximum Gasteiger partial charge on any atom is 0.134 e. The Labute approximate surface area is 123 Å². The Morgan fingerprint density at radius 2 is 2.05 bits per heavy atom. The number of piperidine rings is 1. The molecule has 0 aliphatic carbocycles. The van der Waals surface area contributed by atoms with Crippen LogP contribution in [-0.2, 0) is 6.42 Å². The van der Waals surface area contributed by atoms with Crippen molar-refractivity contribution in [3.8, 4) is 0 Å². The minimum atomic E-state index is 0.470. The van der Waals surface area contributed by atoms with E-state index in [2.05, 4.69) is 32.0 Å². The highest BCUT2D eigenvalue weighted by Crippen LogP contribution is 2.26. The van der Waals surface area contributed by atoms with Crippen molar-refractivity contribution in [1.82, 2.24) is 15.0 Å². The summed E-state index contributed by atoms with van der Waals surface area (Å²) in [6, 6.07) is 6.49. The molecule has 3 heterocycles. The first-order valence-electron chi connectivity index (χ1n) is 6.96. The molecule has 2 aromatic rings. The second kappa shape index (κ2) is 6.18. The van der Waals surface area contributed by atoms with Crippen LogP contribution in [0, 0.1) is 0 Å². The number of halogens is 1. The highest BCUT2D eigenvalue weighted by molar-refractivity contribution is 6.29. The van der Waals surface area contributed by atoms with E-state index >= 15 is 0 Å². The molecule has 104 valence electrons. The number of pyridine rings is 1. The SMILES string of the molecule is Clc1cc(N2CCCCC2Cc2ccncc2)ncn1. The van der Waals surface area contributed by atoms with Crippen LogP contribution in [0.2, 0.25) is 5.15 Å². The van der Waals surface area contributed by atoms with Gasteiger partial charge in [0.2, 0.25) is 0 Å². The predicted molar refractivity (Wildman–Crippen MR) is 80.0 cm³/mol. The van der Waals surface area contributed by atoms with Gasteiger partial charge in [-0.25, -0.2) is 9.97 Å². The van der Waals surface area contributed by atoms with Crippen molar-refractivity contribution in [2.24, 2.45) is 0 Å². The fourth-order valence-electron chi connectivity index (χ4n) is 2.79. The van der Waals surface area contributed by atoms with E-state index in [1.165, 1.54) is 31.2 Å². The molecule has 4 nitrogen and oxygen atoms in total. The Morgan fingerprint density at radius 3 is 2.85 bits per heavy atom. The molecule has 0 aromatic carbocycles. The van der Waals surface area contributed by atoms with Crippen LogP contribution < -0.4 is 4.90 Å². The van der Waals surface area contributed by atoms with Gasteiger partial charge in [0.15, 0.2) is 0 Å². The third-order valence-corrected chi connectivity index (χ3v) is 3.97. The average molecular weight is 289 g/mol. The van der Waals surface area contributed by atoms with E-state index in [0.717, 1.165) is 18.8 Å². The van der Waals surface area contributed by atoms with Gasteiger partial charge in [0.25, 0.3) is 0 Å². The molecule has 0 bridgehead atoms. The summed E-state index contributed by atoms with van der Waals surface area (Å²) in [5.74, 6) is 0.934. The Bertz CT molecular complexity index is 561. The number of anilines is 1. The fourth-order valence-corrected chi connectivity index (χ4v) is 2.93. The van der Waals surface area contributed by atoms with Gasteiger partial charge in [-0.2, -0.15) is 0 Å².